The molecule has 0 saturated carbocycles. The van der Waals surface area contributed by atoms with Crippen LogP contribution >= 0.6 is 11.6 Å². The van der Waals surface area contributed by atoms with Crippen LogP contribution in [0, 0.1) is 0 Å². The molecule has 2 N–H and O–H groups in total. The van der Waals surface area contributed by atoms with E-state index in [1.807, 2.05) is 0 Å². The molecular formula is C23H20ClN3O4S. The van der Waals surface area contributed by atoms with Crippen LogP contribution in [0.4, 0.5) is 21.0 Å². The molecule has 3 aromatic rings. The largest absolute Gasteiger partial charge is 0.344 e. The summed E-state index contributed by atoms with van der Waals surface area (Å²) in [6.07, 6.45) is 1.12. The molecule has 0 heterocycles. The summed E-state index contributed by atoms with van der Waals surface area (Å²) in [5, 5.41) is 3.59. The van der Waals surface area contributed by atoms with E-state index in [2.05, 4.69) is 17.2 Å². The van der Waals surface area contributed by atoms with Gasteiger partial charge in [0.15, 0.2) is 0 Å². The number of nitrogens with one attached hydrogen (secondary N) is 2. The number of hydrogen-bond donors (Lipinski definition) is 2. The van der Waals surface area contributed by atoms with E-state index >= 15 is 0 Å². The zero-order valence-electron chi connectivity index (χ0n) is 16.8. The Labute approximate surface area is 191 Å². The second-order valence-corrected chi connectivity index (χ2v) is 8.89. The van der Waals surface area contributed by atoms with Crippen molar-refractivity contribution < 1.29 is 18.0 Å². The molecule has 7 nitrogen and oxygen atoms in total. The number of carbonyl (C=O) groups is 2. The van der Waals surface area contributed by atoms with Gasteiger partial charge < -0.3 is 10.6 Å². The maximum Gasteiger partial charge on any atom is 0.344 e. The Hall–Kier alpha value is -3.62. The molecule has 0 saturated heterocycles. The van der Waals surface area contributed by atoms with Gasteiger partial charge in [-0.25, -0.2) is 18.0 Å². The number of urea groups is 2. The molecule has 0 aliphatic carbocycles. The summed E-state index contributed by atoms with van der Waals surface area (Å²) in [7, 11) is -4.62. The van der Waals surface area contributed by atoms with E-state index in [0.717, 1.165) is 6.08 Å². The number of anilines is 2. The molecule has 4 amide bonds. The lowest BCUT2D eigenvalue weighted by atomic mass is 10.1. The van der Waals surface area contributed by atoms with E-state index in [4.69, 9.17) is 11.6 Å². The third-order valence-corrected chi connectivity index (χ3v) is 6.69. The molecule has 0 spiro atoms. The van der Waals surface area contributed by atoms with Gasteiger partial charge >= 0.3 is 12.1 Å². The normalized spacial score (nSPS) is 11.8. The highest BCUT2D eigenvalue weighted by Gasteiger charge is 2.40. The summed E-state index contributed by atoms with van der Waals surface area (Å²) < 4.78 is 27.3. The Kier molecular flexibility index (Phi) is 7.29. The molecule has 1 unspecified atom stereocenters. The lowest BCUT2D eigenvalue weighted by Gasteiger charge is -2.25. The van der Waals surface area contributed by atoms with Crippen LogP contribution in [-0.2, 0) is 10.0 Å². The van der Waals surface area contributed by atoms with E-state index in [1.165, 1.54) is 12.1 Å². The second-order valence-electron chi connectivity index (χ2n) is 6.58. The van der Waals surface area contributed by atoms with Crippen molar-refractivity contribution in [2.45, 2.75) is 5.25 Å². The van der Waals surface area contributed by atoms with E-state index in [1.54, 1.807) is 72.8 Å². The maximum absolute atomic E-state index is 13.6. The topological polar surface area (TPSA) is 95.6 Å². The summed E-state index contributed by atoms with van der Waals surface area (Å²) in [6, 6.07) is 20.3. The predicted octanol–water partition coefficient (Wildman–Crippen LogP) is 5.66. The van der Waals surface area contributed by atoms with Gasteiger partial charge in [0, 0.05) is 16.4 Å². The van der Waals surface area contributed by atoms with Gasteiger partial charge in [0.2, 0.25) is 0 Å². The second kappa shape index (κ2) is 10.1. The van der Waals surface area contributed by atoms with Crippen molar-refractivity contribution in [3.8, 4) is 0 Å². The Morgan fingerprint density at radius 2 is 1.25 bits per heavy atom. The summed E-state index contributed by atoms with van der Waals surface area (Å²) in [4.78, 5) is 26.1. The van der Waals surface area contributed by atoms with E-state index < -0.39 is 27.3 Å². The highest BCUT2D eigenvalue weighted by molar-refractivity contribution is 7.90. The van der Waals surface area contributed by atoms with Crippen LogP contribution in [0.25, 0.3) is 0 Å². The zero-order valence-corrected chi connectivity index (χ0v) is 18.4. The van der Waals surface area contributed by atoms with Crippen molar-refractivity contribution in [2.75, 3.05) is 10.6 Å². The summed E-state index contributed by atoms with van der Waals surface area (Å²) in [6.45, 7) is 3.59. The number of benzene rings is 3. The highest BCUT2D eigenvalue weighted by atomic mass is 35.5. The standard InChI is InChI=1S/C23H20ClN3O4S/c1-2-21(19-15-9-10-16-20(19)24)32(30,31)27(22(28)25-17-11-5-3-6-12-17)23(29)26-18-13-7-4-8-14-18/h2-16,21H,1H2,(H,25,28)(H,26,29). The molecule has 0 radical (unpaired) electrons. The summed E-state index contributed by atoms with van der Waals surface area (Å²) >= 11 is 6.20. The van der Waals surface area contributed by atoms with Crippen LogP contribution in [0.5, 0.6) is 0 Å². The van der Waals surface area contributed by atoms with Crippen LogP contribution in [0.15, 0.2) is 97.6 Å². The number of rotatable bonds is 6. The van der Waals surface area contributed by atoms with Gasteiger partial charge in [0.1, 0.15) is 5.25 Å². The number of hydrogen-bond acceptors (Lipinski definition) is 4. The van der Waals surface area contributed by atoms with E-state index in [9.17, 15) is 18.0 Å². The summed E-state index contributed by atoms with van der Waals surface area (Å²) in [5.74, 6) is 0. The zero-order chi connectivity index (χ0) is 23.1. The van der Waals surface area contributed by atoms with Crippen molar-refractivity contribution in [3.05, 3.63) is 108 Å². The third-order valence-electron chi connectivity index (χ3n) is 4.42. The smallest absolute Gasteiger partial charge is 0.307 e. The van der Waals surface area contributed by atoms with Gasteiger partial charge in [-0.05, 0) is 35.9 Å². The number of amides is 4. The molecule has 0 aliphatic rings. The van der Waals surface area contributed by atoms with Crippen molar-refractivity contribution in [1.29, 1.82) is 0 Å². The maximum atomic E-state index is 13.6. The van der Waals surface area contributed by atoms with Gasteiger partial charge in [0.05, 0.1) is 0 Å². The fourth-order valence-electron chi connectivity index (χ4n) is 2.94. The first-order chi connectivity index (χ1) is 15.3. The number of para-hydroxylation sites is 2. The van der Waals surface area contributed by atoms with Crippen LogP contribution in [0.3, 0.4) is 0 Å². The van der Waals surface area contributed by atoms with E-state index in [0.29, 0.717) is 11.4 Å². The Morgan fingerprint density at radius 1 is 0.812 bits per heavy atom. The molecule has 0 bridgehead atoms. The molecule has 164 valence electrons. The lowest BCUT2D eigenvalue weighted by Crippen LogP contribution is -2.48. The minimum atomic E-state index is -4.62. The first kappa shape index (κ1) is 23.1. The van der Waals surface area contributed by atoms with Gasteiger partial charge in [-0.3, -0.25) is 0 Å². The lowest BCUT2D eigenvalue weighted by molar-refractivity contribution is 0.222. The SMILES string of the molecule is C=CC(c1ccccc1Cl)S(=O)(=O)N(C(=O)Nc1ccccc1)C(=O)Nc1ccccc1. The third kappa shape index (κ3) is 5.16. The average molecular weight is 470 g/mol. The van der Waals surface area contributed by atoms with Gasteiger partial charge in [-0.2, -0.15) is 0 Å². The first-order valence-corrected chi connectivity index (χ1v) is 11.4. The highest BCUT2D eigenvalue weighted by Crippen LogP contribution is 2.32. The van der Waals surface area contributed by atoms with Gasteiger partial charge in [-0.15, -0.1) is 10.9 Å². The number of imide groups is 1. The van der Waals surface area contributed by atoms with Crippen LogP contribution in [0.1, 0.15) is 10.8 Å². The van der Waals surface area contributed by atoms with Gasteiger partial charge in [-0.1, -0.05) is 72.3 Å². The fourth-order valence-corrected chi connectivity index (χ4v) is 4.81. The van der Waals surface area contributed by atoms with E-state index in [-0.39, 0.29) is 14.9 Å². The predicted molar refractivity (Wildman–Crippen MR) is 126 cm³/mol. The summed E-state index contributed by atoms with van der Waals surface area (Å²) in [5.41, 5.74) is 0.824. The number of halogens is 1. The minimum absolute atomic E-state index is 0.155. The monoisotopic (exact) mass is 469 g/mol. The number of nitrogens with zero attached hydrogens (tertiary/aromatic N) is 1. The minimum Gasteiger partial charge on any atom is -0.307 e. The van der Waals surface area contributed by atoms with Crippen LogP contribution in [-0.4, -0.2) is 24.8 Å². The molecule has 0 fully saturated rings. The molecule has 3 rings (SSSR count). The molecule has 3 aromatic carbocycles. The molecular weight excluding hydrogens is 450 g/mol. The fraction of sp³-hybridized carbons (Fsp3) is 0.0435. The van der Waals surface area contributed by atoms with Crippen molar-refractivity contribution in [3.63, 3.8) is 0 Å². The van der Waals surface area contributed by atoms with Crippen molar-refractivity contribution >= 4 is 45.1 Å². The Balaban J connectivity index is 2.03. The van der Waals surface area contributed by atoms with Crippen LogP contribution in [0.2, 0.25) is 5.02 Å². The number of carbonyl (C=O) groups excluding carboxylic acids is 2. The first-order valence-electron chi connectivity index (χ1n) is 9.48. The molecule has 0 aliphatic heterocycles. The molecule has 1 atom stereocenters. The van der Waals surface area contributed by atoms with Crippen LogP contribution < -0.4 is 10.6 Å². The van der Waals surface area contributed by atoms with Crippen molar-refractivity contribution in [2.24, 2.45) is 0 Å². The molecule has 32 heavy (non-hydrogen) atoms. The Bertz CT molecular complexity index is 1160. The van der Waals surface area contributed by atoms with Gasteiger partial charge in [0.25, 0.3) is 10.0 Å². The molecule has 9 heteroatoms. The quantitative estimate of drug-likeness (QED) is 0.455. The number of sulfonamides is 1. The molecule has 0 aromatic heterocycles. The average Bonchev–Trinajstić information content (AvgIpc) is 2.76. The Morgan fingerprint density at radius 3 is 1.69 bits per heavy atom. The van der Waals surface area contributed by atoms with Crippen molar-refractivity contribution in [1.82, 2.24) is 4.31 Å².